The number of H-pyrrole nitrogens is 1. The second-order valence-electron chi connectivity index (χ2n) is 6.43. The van der Waals surface area contributed by atoms with E-state index in [-0.39, 0.29) is 0 Å². The molecule has 0 radical (unpaired) electrons. The van der Waals surface area contributed by atoms with Gasteiger partial charge < -0.3 is 14.5 Å². The first kappa shape index (κ1) is 15.0. The van der Waals surface area contributed by atoms with Gasteiger partial charge >= 0.3 is 0 Å². The van der Waals surface area contributed by atoms with Crippen molar-refractivity contribution in [2.75, 3.05) is 7.11 Å². The Morgan fingerprint density at radius 1 is 1.12 bits per heavy atom. The topological polar surface area (TPSA) is 60.0 Å². The van der Waals surface area contributed by atoms with Gasteiger partial charge in [0.15, 0.2) is 0 Å². The monoisotopic (exact) mass is 323 g/mol. The maximum atomic E-state index is 6.13. The smallest absolute Gasteiger partial charge is 0.146 e. The number of benzene rings is 1. The SMILES string of the molecule is COc1ccc(OCc2c(C)cncc2C)c2[nH]c(C3CC3)nc12. The van der Waals surface area contributed by atoms with Crippen LogP contribution in [0, 0.1) is 13.8 Å². The summed E-state index contributed by atoms with van der Waals surface area (Å²) in [7, 11) is 1.67. The normalized spacial score (nSPS) is 14.1. The predicted octanol–water partition coefficient (Wildman–Crippen LogP) is 4.04. The molecule has 0 aliphatic heterocycles. The second kappa shape index (κ2) is 5.82. The largest absolute Gasteiger partial charge is 0.494 e. The third kappa shape index (κ3) is 2.60. The Bertz CT molecular complexity index is 877. The first-order valence-corrected chi connectivity index (χ1v) is 8.27. The van der Waals surface area contributed by atoms with Gasteiger partial charge in [-0.3, -0.25) is 4.98 Å². The Balaban J connectivity index is 1.69. The van der Waals surface area contributed by atoms with Gasteiger partial charge in [-0.15, -0.1) is 0 Å². The standard InChI is InChI=1S/C19H21N3O2/c1-11-8-20-9-12(2)14(11)10-24-16-7-6-15(23-3)17-18(16)22-19(21-17)13-4-5-13/h6-9,13H,4-5,10H2,1-3H3,(H,21,22). The summed E-state index contributed by atoms with van der Waals surface area (Å²) in [6.45, 7) is 4.63. The molecule has 0 atom stereocenters. The first-order chi connectivity index (χ1) is 11.7. The van der Waals surface area contributed by atoms with Crippen LogP contribution in [0.5, 0.6) is 11.5 Å². The van der Waals surface area contributed by atoms with Crippen molar-refractivity contribution in [2.45, 2.75) is 39.2 Å². The van der Waals surface area contributed by atoms with Gasteiger partial charge in [0, 0.05) is 18.3 Å². The van der Waals surface area contributed by atoms with E-state index in [1.54, 1.807) is 7.11 Å². The number of methoxy groups -OCH3 is 1. The summed E-state index contributed by atoms with van der Waals surface area (Å²) >= 11 is 0. The number of hydrogen-bond acceptors (Lipinski definition) is 4. The van der Waals surface area contributed by atoms with E-state index in [4.69, 9.17) is 14.5 Å². The molecule has 2 heterocycles. The Morgan fingerprint density at radius 3 is 2.50 bits per heavy atom. The Morgan fingerprint density at radius 2 is 1.83 bits per heavy atom. The lowest BCUT2D eigenvalue weighted by molar-refractivity contribution is 0.307. The minimum absolute atomic E-state index is 0.513. The van der Waals surface area contributed by atoms with Crippen LogP contribution in [-0.4, -0.2) is 22.1 Å². The molecule has 3 aromatic rings. The summed E-state index contributed by atoms with van der Waals surface area (Å²) in [5.41, 5.74) is 5.22. The van der Waals surface area contributed by atoms with Crippen LogP contribution in [0.3, 0.4) is 0 Å². The van der Waals surface area contributed by atoms with Gasteiger partial charge in [-0.1, -0.05) is 0 Å². The van der Waals surface area contributed by atoms with E-state index < -0.39 is 0 Å². The zero-order valence-corrected chi connectivity index (χ0v) is 14.2. The molecule has 124 valence electrons. The quantitative estimate of drug-likeness (QED) is 0.770. The Hall–Kier alpha value is -2.56. The molecule has 24 heavy (non-hydrogen) atoms. The number of ether oxygens (including phenoxy) is 2. The number of fused-ring (bicyclic) bond motifs is 1. The summed E-state index contributed by atoms with van der Waals surface area (Å²) in [6, 6.07) is 3.86. The predicted molar refractivity (Wildman–Crippen MR) is 92.7 cm³/mol. The highest BCUT2D eigenvalue weighted by Crippen LogP contribution is 2.41. The van der Waals surface area contributed by atoms with Crippen molar-refractivity contribution in [1.29, 1.82) is 0 Å². The van der Waals surface area contributed by atoms with Crippen LogP contribution < -0.4 is 9.47 Å². The van der Waals surface area contributed by atoms with E-state index in [2.05, 4.69) is 23.8 Å². The third-order valence-corrected chi connectivity index (χ3v) is 4.63. The minimum atomic E-state index is 0.513. The Kier molecular flexibility index (Phi) is 3.63. The second-order valence-corrected chi connectivity index (χ2v) is 6.43. The molecular weight excluding hydrogens is 302 g/mol. The van der Waals surface area contributed by atoms with Crippen molar-refractivity contribution in [3.05, 3.63) is 47.0 Å². The molecule has 1 fully saturated rings. The molecule has 1 saturated carbocycles. The van der Waals surface area contributed by atoms with Crippen molar-refractivity contribution in [3.8, 4) is 11.5 Å². The van der Waals surface area contributed by atoms with Crippen LogP contribution in [0.2, 0.25) is 0 Å². The molecule has 1 aromatic carbocycles. The van der Waals surface area contributed by atoms with E-state index in [1.165, 1.54) is 18.4 Å². The summed E-state index contributed by atoms with van der Waals surface area (Å²) in [6.07, 6.45) is 6.15. The van der Waals surface area contributed by atoms with E-state index in [0.717, 1.165) is 39.5 Å². The summed E-state index contributed by atoms with van der Waals surface area (Å²) in [4.78, 5) is 12.4. The lowest BCUT2D eigenvalue weighted by Crippen LogP contribution is -2.02. The average Bonchev–Trinajstić information content (AvgIpc) is 3.33. The van der Waals surface area contributed by atoms with Gasteiger partial charge in [-0.05, 0) is 55.5 Å². The molecule has 1 N–H and O–H groups in total. The van der Waals surface area contributed by atoms with E-state index in [1.807, 2.05) is 24.5 Å². The van der Waals surface area contributed by atoms with E-state index >= 15 is 0 Å². The fourth-order valence-corrected chi connectivity index (χ4v) is 3.00. The van der Waals surface area contributed by atoms with Crippen LogP contribution in [-0.2, 0) is 6.61 Å². The number of aryl methyl sites for hydroxylation is 2. The van der Waals surface area contributed by atoms with Gasteiger partial charge in [-0.25, -0.2) is 4.98 Å². The molecule has 1 aliphatic rings. The number of aromatic nitrogens is 3. The number of pyridine rings is 1. The molecular formula is C19H21N3O2. The van der Waals surface area contributed by atoms with Gasteiger partial charge in [0.05, 0.1) is 7.11 Å². The van der Waals surface area contributed by atoms with Crippen molar-refractivity contribution in [1.82, 2.24) is 15.0 Å². The molecule has 5 heteroatoms. The van der Waals surface area contributed by atoms with Crippen molar-refractivity contribution in [3.63, 3.8) is 0 Å². The number of nitrogens with zero attached hydrogens (tertiary/aromatic N) is 2. The fourth-order valence-electron chi connectivity index (χ4n) is 3.00. The van der Waals surface area contributed by atoms with Crippen LogP contribution in [0.15, 0.2) is 24.5 Å². The lowest BCUT2D eigenvalue weighted by Gasteiger charge is -2.12. The average molecular weight is 323 g/mol. The molecule has 4 rings (SSSR count). The van der Waals surface area contributed by atoms with Crippen molar-refractivity contribution in [2.24, 2.45) is 0 Å². The molecule has 0 bridgehead atoms. The van der Waals surface area contributed by atoms with Gasteiger partial charge in [0.1, 0.15) is 35.0 Å². The molecule has 0 saturated heterocycles. The van der Waals surface area contributed by atoms with Crippen molar-refractivity contribution >= 4 is 11.0 Å². The lowest BCUT2D eigenvalue weighted by atomic mass is 10.1. The van der Waals surface area contributed by atoms with Crippen molar-refractivity contribution < 1.29 is 9.47 Å². The molecule has 0 amide bonds. The van der Waals surface area contributed by atoms with Gasteiger partial charge in [0.2, 0.25) is 0 Å². The summed E-state index contributed by atoms with van der Waals surface area (Å²) < 4.78 is 11.6. The zero-order valence-electron chi connectivity index (χ0n) is 14.2. The molecule has 0 spiro atoms. The highest BCUT2D eigenvalue weighted by atomic mass is 16.5. The molecule has 2 aromatic heterocycles. The third-order valence-electron chi connectivity index (χ3n) is 4.63. The maximum Gasteiger partial charge on any atom is 0.146 e. The minimum Gasteiger partial charge on any atom is -0.494 e. The number of aromatic amines is 1. The first-order valence-electron chi connectivity index (χ1n) is 8.27. The van der Waals surface area contributed by atoms with Gasteiger partial charge in [-0.2, -0.15) is 0 Å². The summed E-state index contributed by atoms with van der Waals surface area (Å²) in [5, 5.41) is 0. The number of imidazole rings is 1. The molecule has 0 unspecified atom stereocenters. The highest BCUT2D eigenvalue weighted by molar-refractivity contribution is 5.87. The Labute approximate surface area is 141 Å². The number of hydrogen-bond donors (Lipinski definition) is 1. The van der Waals surface area contributed by atoms with Crippen LogP contribution >= 0.6 is 0 Å². The van der Waals surface area contributed by atoms with Crippen LogP contribution in [0.25, 0.3) is 11.0 Å². The zero-order chi connectivity index (χ0) is 16.7. The van der Waals surface area contributed by atoms with E-state index in [9.17, 15) is 0 Å². The van der Waals surface area contributed by atoms with Crippen LogP contribution in [0.4, 0.5) is 0 Å². The number of rotatable bonds is 5. The fraction of sp³-hybridized carbons (Fsp3) is 0.368. The molecule has 5 nitrogen and oxygen atoms in total. The summed E-state index contributed by atoms with van der Waals surface area (Å²) in [5.74, 6) is 3.17. The number of nitrogens with one attached hydrogen (secondary N) is 1. The van der Waals surface area contributed by atoms with Gasteiger partial charge in [0.25, 0.3) is 0 Å². The highest BCUT2D eigenvalue weighted by Gasteiger charge is 2.28. The van der Waals surface area contributed by atoms with Crippen LogP contribution in [0.1, 0.15) is 41.3 Å². The molecule has 1 aliphatic carbocycles. The maximum absolute atomic E-state index is 6.13. The van der Waals surface area contributed by atoms with E-state index in [0.29, 0.717) is 12.5 Å².